The fourth-order valence-electron chi connectivity index (χ4n) is 4.37. The highest BCUT2D eigenvalue weighted by molar-refractivity contribution is 6.10. The van der Waals surface area contributed by atoms with Gasteiger partial charge in [-0.15, -0.1) is 0 Å². The number of hydrogen-bond donors (Lipinski definition) is 1. The van der Waals surface area contributed by atoms with Crippen LogP contribution in [0.5, 0.6) is 17.2 Å². The van der Waals surface area contributed by atoms with Gasteiger partial charge in [-0.2, -0.15) is 0 Å². The zero-order valence-corrected chi connectivity index (χ0v) is 20.1. The average molecular weight is 472 g/mol. The lowest BCUT2D eigenvalue weighted by molar-refractivity contribution is 0.324. The van der Waals surface area contributed by atoms with Gasteiger partial charge < -0.3 is 28.4 Å². The van der Waals surface area contributed by atoms with Gasteiger partial charge in [-0.25, -0.2) is 4.79 Å². The predicted octanol–water partition coefficient (Wildman–Crippen LogP) is 6.59. The van der Waals surface area contributed by atoms with Gasteiger partial charge in [-0.1, -0.05) is 29.8 Å². The summed E-state index contributed by atoms with van der Waals surface area (Å²) in [6, 6.07) is 16.9. The molecule has 35 heavy (non-hydrogen) atoms. The molecule has 3 aromatic carbocycles. The van der Waals surface area contributed by atoms with Gasteiger partial charge in [0.1, 0.15) is 11.0 Å². The first-order chi connectivity index (χ1) is 16.9. The Hall–Kier alpha value is -4.39. The molecule has 5 rings (SSSR count). The van der Waals surface area contributed by atoms with Crippen LogP contribution in [-0.4, -0.2) is 21.3 Å². The third kappa shape index (κ3) is 3.75. The first-order valence-electron chi connectivity index (χ1n) is 11.1. The van der Waals surface area contributed by atoms with E-state index in [1.807, 2.05) is 44.2 Å². The Kier molecular flexibility index (Phi) is 5.61. The predicted molar refractivity (Wildman–Crippen MR) is 137 cm³/mol. The number of anilines is 2. The van der Waals surface area contributed by atoms with Crippen LogP contribution in [-0.2, 0) is 0 Å². The zero-order valence-electron chi connectivity index (χ0n) is 20.1. The van der Waals surface area contributed by atoms with Crippen LogP contribution in [0.3, 0.4) is 0 Å². The second-order valence-electron chi connectivity index (χ2n) is 8.25. The Balaban J connectivity index is 1.86. The van der Waals surface area contributed by atoms with Crippen molar-refractivity contribution in [3.63, 3.8) is 0 Å². The molecule has 0 bridgehead atoms. The monoisotopic (exact) mass is 471 g/mol. The molecule has 0 aliphatic carbocycles. The van der Waals surface area contributed by atoms with Gasteiger partial charge in [0.2, 0.25) is 11.6 Å². The molecule has 0 atom stereocenters. The summed E-state index contributed by atoms with van der Waals surface area (Å²) >= 11 is 0. The molecule has 0 amide bonds. The third-order valence-electron chi connectivity index (χ3n) is 6.03. The smallest absolute Gasteiger partial charge is 0.348 e. The summed E-state index contributed by atoms with van der Waals surface area (Å²) in [5.74, 6) is 1.77. The molecule has 0 fully saturated rings. The number of para-hydroxylation sites is 1. The van der Waals surface area contributed by atoms with Gasteiger partial charge in [0.05, 0.1) is 32.3 Å². The highest BCUT2D eigenvalue weighted by atomic mass is 16.5. The molecular weight excluding hydrogens is 446 g/mol. The molecule has 0 unspecified atom stereocenters. The van der Waals surface area contributed by atoms with E-state index >= 15 is 0 Å². The van der Waals surface area contributed by atoms with Crippen molar-refractivity contribution in [1.29, 1.82) is 0 Å². The second kappa shape index (κ2) is 8.76. The van der Waals surface area contributed by atoms with Crippen molar-refractivity contribution in [3.8, 4) is 28.4 Å². The van der Waals surface area contributed by atoms with Crippen molar-refractivity contribution in [2.45, 2.75) is 13.8 Å². The molecule has 5 aromatic rings. The number of hydrogen-bond acceptors (Lipinski definition) is 7. The highest BCUT2D eigenvalue weighted by Gasteiger charge is 2.25. The minimum absolute atomic E-state index is 0.324. The van der Waals surface area contributed by atoms with E-state index in [0.29, 0.717) is 56.2 Å². The number of benzene rings is 3. The van der Waals surface area contributed by atoms with E-state index in [9.17, 15) is 4.79 Å². The lowest BCUT2D eigenvalue weighted by Crippen LogP contribution is -2.01. The summed E-state index contributed by atoms with van der Waals surface area (Å²) in [7, 11) is 4.64. The standard InChI is InChI=1S/C28H25NO6/c1-15-10-11-19(16(2)12-15)29-27-23(17-13-21(31-3)26(33-5)22(14-17)32-4)24-25(35-27)18-8-6-7-9-20(18)34-28(24)30/h6-14,29H,1-5H3. The van der Waals surface area contributed by atoms with Crippen molar-refractivity contribution >= 4 is 33.5 Å². The normalized spacial score (nSPS) is 11.1. The van der Waals surface area contributed by atoms with E-state index < -0.39 is 5.63 Å². The minimum atomic E-state index is -0.500. The number of aryl methyl sites for hydroxylation is 2. The van der Waals surface area contributed by atoms with Crippen molar-refractivity contribution in [3.05, 3.63) is 76.1 Å². The van der Waals surface area contributed by atoms with E-state index in [0.717, 1.165) is 16.8 Å². The molecule has 0 radical (unpaired) electrons. The Morgan fingerprint density at radius 2 is 1.54 bits per heavy atom. The molecule has 0 aliphatic rings. The fourth-order valence-corrected chi connectivity index (χ4v) is 4.37. The third-order valence-corrected chi connectivity index (χ3v) is 6.03. The van der Waals surface area contributed by atoms with E-state index in [1.54, 1.807) is 39.5 Å². The average Bonchev–Trinajstić information content (AvgIpc) is 3.24. The number of rotatable bonds is 6. The molecule has 0 saturated carbocycles. The molecular formula is C28H25NO6. The number of ether oxygens (including phenoxy) is 3. The number of furan rings is 1. The van der Waals surface area contributed by atoms with Gasteiger partial charge in [0, 0.05) is 5.69 Å². The lowest BCUT2D eigenvalue weighted by Gasteiger charge is -2.15. The Bertz CT molecular complexity index is 1600. The van der Waals surface area contributed by atoms with Gasteiger partial charge in [0.15, 0.2) is 17.1 Å². The highest BCUT2D eigenvalue weighted by Crippen LogP contribution is 2.46. The minimum Gasteiger partial charge on any atom is -0.493 e. The van der Waals surface area contributed by atoms with Gasteiger partial charge in [-0.05, 0) is 55.3 Å². The van der Waals surface area contributed by atoms with Crippen LogP contribution in [0.4, 0.5) is 11.6 Å². The second-order valence-corrected chi connectivity index (χ2v) is 8.25. The van der Waals surface area contributed by atoms with Crippen LogP contribution in [0, 0.1) is 13.8 Å². The number of fused-ring (bicyclic) bond motifs is 3. The quantitative estimate of drug-likeness (QED) is 0.280. The van der Waals surface area contributed by atoms with Crippen LogP contribution in [0.1, 0.15) is 11.1 Å². The maximum absolute atomic E-state index is 13.3. The maximum Gasteiger partial charge on any atom is 0.348 e. The summed E-state index contributed by atoms with van der Waals surface area (Å²) in [5, 5.41) is 4.41. The fraction of sp³-hybridized carbons (Fsp3) is 0.179. The molecule has 0 aliphatic heterocycles. The summed E-state index contributed by atoms with van der Waals surface area (Å²) in [6.45, 7) is 4.05. The SMILES string of the molecule is COc1cc(-c2c(Nc3ccc(C)cc3C)oc3c2c(=O)oc2ccccc23)cc(OC)c1OC. The van der Waals surface area contributed by atoms with E-state index in [4.69, 9.17) is 23.0 Å². The van der Waals surface area contributed by atoms with Crippen LogP contribution in [0.25, 0.3) is 33.1 Å². The van der Waals surface area contributed by atoms with Crippen LogP contribution in [0.2, 0.25) is 0 Å². The molecule has 0 saturated heterocycles. The molecule has 2 aromatic heterocycles. The van der Waals surface area contributed by atoms with Gasteiger partial charge in [-0.3, -0.25) is 0 Å². The van der Waals surface area contributed by atoms with Crippen molar-refractivity contribution in [2.24, 2.45) is 0 Å². The molecule has 178 valence electrons. The zero-order chi connectivity index (χ0) is 24.7. The van der Waals surface area contributed by atoms with Gasteiger partial charge in [0.25, 0.3) is 0 Å². The summed E-state index contributed by atoms with van der Waals surface area (Å²) < 4.78 is 28.6. The van der Waals surface area contributed by atoms with Crippen LogP contribution >= 0.6 is 0 Å². The van der Waals surface area contributed by atoms with Crippen molar-refractivity contribution in [2.75, 3.05) is 26.6 Å². The number of nitrogens with one attached hydrogen (secondary N) is 1. The molecule has 0 spiro atoms. The van der Waals surface area contributed by atoms with Crippen LogP contribution in [0.15, 0.2) is 68.2 Å². The van der Waals surface area contributed by atoms with E-state index in [1.165, 1.54) is 0 Å². The van der Waals surface area contributed by atoms with Gasteiger partial charge >= 0.3 is 5.63 Å². The first-order valence-corrected chi connectivity index (χ1v) is 11.1. The summed E-state index contributed by atoms with van der Waals surface area (Å²) in [6.07, 6.45) is 0. The van der Waals surface area contributed by atoms with Crippen molar-refractivity contribution < 1.29 is 23.0 Å². The lowest BCUT2D eigenvalue weighted by atomic mass is 10.0. The summed E-state index contributed by atoms with van der Waals surface area (Å²) in [4.78, 5) is 13.3. The van der Waals surface area contributed by atoms with E-state index in [2.05, 4.69) is 11.4 Å². The summed E-state index contributed by atoms with van der Waals surface area (Å²) in [5.41, 5.74) is 4.62. The van der Waals surface area contributed by atoms with E-state index in [-0.39, 0.29) is 0 Å². The molecule has 2 heterocycles. The molecule has 7 heteroatoms. The maximum atomic E-state index is 13.3. The topological polar surface area (TPSA) is 83.1 Å². The molecule has 1 N–H and O–H groups in total. The number of methoxy groups -OCH3 is 3. The Morgan fingerprint density at radius 1 is 0.829 bits per heavy atom. The molecule has 7 nitrogen and oxygen atoms in total. The largest absolute Gasteiger partial charge is 0.493 e. The van der Waals surface area contributed by atoms with Crippen LogP contribution < -0.4 is 25.2 Å². The van der Waals surface area contributed by atoms with Crippen molar-refractivity contribution in [1.82, 2.24) is 0 Å². The Morgan fingerprint density at radius 3 is 2.20 bits per heavy atom. The Labute approximate surface area is 201 Å². The first kappa shape index (κ1) is 22.4.